The van der Waals surface area contributed by atoms with Crippen molar-refractivity contribution in [2.24, 2.45) is 0 Å². The highest BCUT2D eigenvalue weighted by Gasteiger charge is 2.25. The van der Waals surface area contributed by atoms with E-state index in [-0.39, 0.29) is 17.8 Å². The van der Waals surface area contributed by atoms with Gasteiger partial charge in [0, 0.05) is 13.1 Å². The van der Waals surface area contributed by atoms with Crippen molar-refractivity contribution >= 4 is 26.8 Å². The van der Waals surface area contributed by atoms with Crippen molar-refractivity contribution in [1.82, 2.24) is 14.5 Å². The van der Waals surface area contributed by atoms with Gasteiger partial charge >= 0.3 is 0 Å². The lowest BCUT2D eigenvalue weighted by Crippen LogP contribution is -2.45. The number of nitrogens with zero attached hydrogens (tertiary/aromatic N) is 4. The van der Waals surface area contributed by atoms with Gasteiger partial charge in [-0.15, -0.1) is 0 Å². The number of aromatic nitrogens is 3. The summed E-state index contributed by atoms with van der Waals surface area (Å²) in [6.45, 7) is 8.43. The van der Waals surface area contributed by atoms with Gasteiger partial charge in [0.25, 0.3) is 5.56 Å². The molecule has 136 valence electrons. The van der Waals surface area contributed by atoms with Crippen molar-refractivity contribution in [2.75, 3.05) is 18.0 Å². The highest BCUT2D eigenvalue weighted by Crippen LogP contribution is 2.29. The van der Waals surface area contributed by atoms with E-state index in [0.717, 1.165) is 18.2 Å². The minimum atomic E-state index is -0.209. The van der Waals surface area contributed by atoms with E-state index in [1.807, 2.05) is 16.7 Å². The van der Waals surface area contributed by atoms with E-state index in [1.54, 1.807) is 6.33 Å². The molecule has 0 N–H and O–H groups in total. The maximum atomic E-state index is 12.3. The van der Waals surface area contributed by atoms with Crippen molar-refractivity contribution in [3.63, 3.8) is 0 Å². The number of benzene rings is 1. The molecule has 1 fully saturated rings. The molecule has 0 radical (unpaired) electrons. The average Bonchev–Trinajstić information content (AvgIpc) is 3.05. The zero-order valence-corrected chi connectivity index (χ0v) is 16.0. The Bertz CT molecular complexity index is 987. The van der Waals surface area contributed by atoms with Crippen molar-refractivity contribution in [1.29, 1.82) is 0 Å². The van der Waals surface area contributed by atoms with Crippen LogP contribution in [0.1, 0.15) is 25.0 Å². The summed E-state index contributed by atoms with van der Waals surface area (Å²) >= 11 is 1.43. The first-order chi connectivity index (χ1) is 12.5. The monoisotopic (exact) mass is 370 g/mol. The minimum Gasteiger partial charge on any atom is -0.372 e. The average molecular weight is 370 g/mol. The lowest BCUT2D eigenvalue weighted by Gasteiger charge is -2.35. The van der Waals surface area contributed by atoms with Gasteiger partial charge in [0.15, 0.2) is 10.8 Å². The van der Waals surface area contributed by atoms with E-state index in [0.29, 0.717) is 16.9 Å². The summed E-state index contributed by atoms with van der Waals surface area (Å²) in [4.78, 5) is 23.3. The Morgan fingerprint density at radius 3 is 2.69 bits per heavy atom. The van der Waals surface area contributed by atoms with Crippen LogP contribution in [-0.4, -0.2) is 39.8 Å². The van der Waals surface area contributed by atoms with Gasteiger partial charge in [-0.25, -0.2) is 4.98 Å². The summed E-state index contributed by atoms with van der Waals surface area (Å²) in [7, 11) is 0. The third-order valence-electron chi connectivity index (χ3n) is 4.67. The van der Waals surface area contributed by atoms with Crippen LogP contribution in [-0.2, 0) is 11.3 Å². The lowest BCUT2D eigenvalue weighted by molar-refractivity contribution is -0.00522. The Morgan fingerprint density at radius 2 is 1.96 bits per heavy atom. The Labute approximate surface area is 156 Å². The third kappa shape index (κ3) is 3.24. The van der Waals surface area contributed by atoms with Crippen molar-refractivity contribution in [3.8, 4) is 0 Å². The SMILES string of the molecule is Cc1ccccc1Cn1cnc(=O)c2sc(N3C[C@@H](C)O[C@@H](C)C3)nc21. The fourth-order valence-electron chi connectivity index (χ4n) is 3.43. The van der Waals surface area contributed by atoms with Crippen LogP contribution >= 0.6 is 11.3 Å². The van der Waals surface area contributed by atoms with E-state index >= 15 is 0 Å². The van der Waals surface area contributed by atoms with Crippen molar-refractivity contribution in [3.05, 3.63) is 52.1 Å². The summed E-state index contributed by atoms with van der Waals surface area (Å²) in [5.74, 6) is 0. The molecule has 0 aliphatic carbocycles. The summed E-state index contributed by atoms with van der Waals surface area (Å²) in [6.07, 6.45) is 1.90. The zero-order chi connectivity index (χ0) is 18.3. The first-order valence-corrected chi connectivity index (χ1v) is 9.64. The molecular weight excluding hydrogens is 348 g/mol. The Kier molecular flexibility index (Phi) is 4.50. The summed E-state index contributed by atoms with van der Waals surface area (Å²) in [5.41, 5.74) is 2.91. The standard InChI is InChI=1S/C19H22N4O2S/c1-12-6-4-5-7-15(12)10-23-11-20-18(24)16-17(23)21-19(26-16)22-8-13(2)25-14(3)9-22/h4-7,11,13-14H,8-10H2,1-3H3/t13-,14+. The van der Waals surface area contributed by atoms with Crippen LogP contribution in [0.5, 0.6) is 0 Å². The molecule has 1 aromatic carbocycles. The second-order valence-corrected chi connectivity index (χ2v) is 7.89. The van der Waals surface area contributed by atoms with Gasteiger partial charge in [-0.2, -0.15) is 4.98 Å². The van der Waals surface area contributed by atoms with Crippen LogP contribution in [0.2, 0.25) is 0 Å². The number of aryl methyl sites for hydroxylation is 1. The van der Waals surface area contributed by atoms with Gasteiger partial charge in [0.1, 0.15) is 11.0 Å². The fourth-order valence-corrected chi connectivity index (χ4v) is 4.41. The maximum absolute atomic E-state index is 12.3. The van der Waals surface area contributed by atoms with Gasteiger partial charge in [-0.1, -0.05) is 35.6 Å². The van der Waals surface area contributed by atoms with Gasteiger partial charge in [0.05, 0.1) is 18.8 Å². The molecule has 26 heavy (non-hydrogen) atoms. The molecule has 7 heteroatoms. The molecule has 2 aromatic heterocycles. The molecule has 0 saturated carbocycles. The summed E-state index contributed by atoms with van der Waals surface area (Å²) in [5, 5.41) is 0.866. The number of morpholine rings is 1. The summed E-state index contributed by atoms with van der Waals surface area (Å²) in [6, 6.07) is 8.24. The summed E-state index contributed by atoms with van der Waals surface area (Å²) < 4.78 is 8.39. The molecule has 2 atom stereocenters. The first-order valence-electron chi connectivity index (χ1n) is 8.82. The third-order valence-corrected chi connectivity index (χ3v) is 5.76. The molecule has 0 unspecified atom stereocenters. The number of hydrogen-bond donors (Lipinski definition) is 0. The molecule has 4 rings (SSSR count). The molecule has 0 spiro atoms. The van der Waals surface area contributed by atoms with Crippen LogP contribution in [0.4, 0.5) is 5.13 Å². The van der Waals surface area contributed by atoms with Gasteiger partial charge in [0.2, 0.25) is 0 Å². The quantitative estimate of drug-likeness (QED) is 0.709. The van der Waals surface area contributed by atoms with E-state index in [1.165, 1.54) is 22.5 Å². The van der Waals surface area contributed by atoms with Crippen molar-refractivity contribution in [2.45, 2.75) is 39.5 Å². The molecule has 3 heterocycles. The second kappa shape index (κ2) is 6.81. The van der Waals surface area contributed by atoms with Gasteiger partial charge in [-0.3, -0.25) is 4.79 Å². The second-order valence-electron chi connectivity index (χ2n) is 6.92. The Balaban J connectivity index is 1.74. The lowest BCUT2D eigenvalue weighted by atomic mass is 10.1. The van der Waals surface area contributed by atoms with Crippen LogP contribution < -0.4 is 10.5 Å². The van der Waals surface area contributed by atoms with Crippen LogP contribution in [0.15, 0.2) is 35.4 Å². The van der Waals surface area contributed by atoms with E-state index in [2.05, 4.69) is 42.8 Å². The number of ether oxygens (including phenoxy) is 1. The topological polar surface area (TPSA) is 60.2 Å². The number of anilines is 1. The minimum absolute atomic E-state index is 0.148. The van der Waals surface area contributed by atoms with Crippen molar-refractivity contribution < 1.29 is 4.74 Å². The highest BCUT2D eigenvalue weighted by atomic mass is 32.1. The maximum Gasteiger partial charge on any atom is 0.292 e. The van der Waals surface area contributed by atoms with E-state index in [9.17, 15) is 4.79 Å². The Morgan fingerprint density at radius 1 is 1.23 bits per heavy atom. The number of rotatable bonds is 3. The molecule has 1 aliphatic rings. The molecule has 0 bridgehead atoms. The molecular formula is C19H22N4O2S. The van der Waals surface area contributed by atoms with Crippen LogP contribution in [0, 0.1) is 6.92 Å². The largest absolute Gasteiger partial charge is 0.372 e. The number of thiazole rings is 1. The predicted octanol–water partition coefficient (Wildman–Crippen LogP) is 2.82. The predicted molar refractivity (Wildman–Crippen MR) is 104 cm³/mol. The van der Waals surface area contributed by atoms with Gasteiger partial charge in [-0.05, 0) is 31.9 Å². The van der Waals surface area contributed by atoms with Crippen LogP contribution in [0.25, 0.3) is 10.3 Å². The zero-order valence-electron chi connectivity index (χ0n) is 15.2. The normalized spacial score (nSPS) is 20.7. The first kappa shape index (κ1) is 17.2. The van der Waals surface area contributed by atoms with Crippen LogP contribution in [0.3, 0.4) is 0 Å². The van der Waals surface area contributed by atoms with Gasteiger partial charge < -0.3 is 14.2 Å². The van der Waals surface area contributed by atoms with E-state index in [4.69, 9.17) is 9.72 Å². The number of hydrogen-bond acceptors (Lipinski definition) is 6. The molecule has 1 aliphatic heterocycles. The smallest absolute Gasteiger partial charge is 0.292 e. The molecule has 6 nitrogen and oxygen atoms in total. The molecule has 1 saturated heterocycles. The molecule has 3 aromatic rings. The van der Waals surface area contributed by atoms with E-state index < -0.39 is 0 Å². The highest BCUT2D eigenvalue weighted by molar-refractivity contribution is 7.22. The fraction of sp³-hybridized carbons (Fsp3) is 0.421. The Hall–Kier alpha value is -2.25. The molecule has 0 amide bonds. The number of fused-ring (bicyclic) bond motifs is 1.